The average molecular weight is 287 g/mol. The fourth-order valence-electron chi connectivity index (χ4n) is 3.66. The summed E-state index contributed by atoms with van der Waals surface area (Å²) in [5, 5.41) is 3.66. The first-order valence-electron chi connectivity index (χ1n) is 8.28. The van der Waals surface area contributed by atoms with Gasteiger partial charge in [0.25, 0.3) is 0 Å². The molecule has 2 heterocycles. The molecule has 114 valence electrons. The van der Waals surface area contributed by atoms with Gasteiger partial charge < -0.3 is 14.8 Å². The number of fused-ring (bicyclic) bond motifs is 1. The fourth-order valence-corrected chi connectivity index (χ4v) is 3.66. The molecule has 1 saturated carbocycles. The maximum atomic E-state index is 6.22. The van der Waals surface area contributed by atoms with E-state index in [1.165, 1.54) is 24.0 Å². The Morgan fingerprint density at radius 2 is 2.10 bits per heavy atom. The monoisotopic (exact) mass is 287 g/mol. The first-order valence-corrected chi connectivity index (χ1v) is 8.28. The van der Waals surface area contributed by atoms with Crippen LogP contribution in [0.4, 0.5) is 0 Å². The molecule has 1 aliphatic carbocycles. The van der Waals surface area contributed by atoms with E-state index >= 15 is 0 Å². The maximum Gasteiger partial charge on any atom is 0.129 e. The molecule has 0 radical (unpaired) electrons. The highest BCUT2D eigenvalue weighted by atomic mass is 16.5. The van der Waals surface area contributed by atoms with Crippen LogP contribution in [0.3, 0.4) is 0 Å². The predicted octanol–water partition coefficient (Wildman–Crippen LogP) is 3.23. The Kier molecular flexibility index (Phi) is 3.23. The molecule has 1 aromatic carbocycles. The lowest BCUT2D eigenvalue weighted by Crippen LogP contribution is -2.27. The zero-order valence-corrected chi connectivity index (χ0v) is 13.0. The number of benzene rings is 1. The Labute approximate surface area is 127 Å². The van der Waals surface area contributed by atoms with Crippen LogP contribution in [-0.2, 0) is 11.2 Å². The van der Waals surface area contributed by atoms with E-state index in [0.717, 1.165) is 37.8 Å². The Bertz CT molecular complexity index is 536. The van der Waals surface area contributed by atoms with Gasteiger partial charge in [0.2, 0.25) is 0 Å². The van der Waals surface area contributed by atoms with Gasteiger partial charge in [0.15, 0.2) is 0 Å². The summed E-state index contributed by atoms with van der Waals surface area (Å²) < 4.78 is 12.3. The van der Waals surface area contributed by atoms with Crippen LogP contribution < -0.4 is 10.1 Å². The van der Waals surface area contributed by atoms with Crippen LogP contribution >= 0.6 is 0 Å². The van der Waals surface area contributed by atoms with Gasteiger partial charge in [0.05, 0.1) is 6.10 Å². The summed E-state index contributed by atoms with van der Waals surface area (Å²) in [6.45, 7) is 6.27. The Hall–Kier alpha value is -1.06. The molecule has 0 spiro atoms. The lowest BCUT2D eigenvalue weighted by Gasteiger charge is -2.23. The third-order valence-corrected chi connectivity index (χ3v) is 4.89. The molecular weight excluding hydrogens is 262 g/mol. The van der Waals surface area contributed by atoms with Crippen molar-refractivity contribution in [3.05, 3.63) is 29.3 Å². The highest BCUT2D eigenvalue weighted by molar-refractivity contribution is 5.47. The van der Waals surface area contributed by atoms with Gasteiger partial charge in [-0.2, -0.15) is 0 Å². The number of rotatable bonds is 4. The van der Waals surface area contributed by atoms with Gasteiger partial charge in [-0.05, 0) is 38.7 Å². The molecule has 0 aromatic heterocycles. The highest BCUT2D eigenvalue weighted by Crippen LogP contribution is 2.45. The maximum absolute atomic E-state index is 6.22. The number of ether oxygens (including phenoxy) is 2. The summed E-state index contributed by atoms with van der Waals surface area (Å²) in [5.74, 6) is 1.66. The second-order valence-electron chi connectivity index (χ2n) is 7.40. The molecule has 3 heteroatoms. The van der Waals surface area contributed by atoms with E-state index in [1.807, 2.05) is 0 Å². The Balaban J connectivity index is 1.57. The third kappa shape index (κ3) is 2.69. The van der Waals surface area contributed by atoms with E-state index in [2.05, 4.69) is 37.4 Å². The largest absolute Gasteiger partial charge is 0.487 e. The molecule has 21 heavy (non-hydrogen) atoms. The summed E-state index contributed by atoms with van der Waals surface area (Å²) in [6, 6.07) is 7.31. The topological polar surface area (TPSA) is 30.5 Å². The fraction of sp³-hybridized carbons (Fsp3) is 0.667. The average Bonchev–Trinajstić information content (AvgIpc) is 3.04. The number of nitrogens with one attached hydrogen (secondary N) is 1. The van der Waals surface area contributed by atoms with Crippen molar-refractivity contribution in [1.29, 1.82) is 0 Å². The van der Waals surface area contributed by atoms with Crippen molar-refractivity contribution >= 4 is 0 Å². The molecule has 1 aromatic rings. The van der Waals surface area contributed by atoms with E-state index in [1.54, 1.807) is 0 Å². The molecule has 4 rings (SSSR count). The second kappa shape index (κ2) is 4.99. The SMILES string of the molecule is CC1(C)Cc2cccc(C3OCCC3CNC3CC3)c2O1. The zero-order chi connectivity index (χ0) is 14.4. The van der Waals surface area contributed by atoms with Gasteiger partial charge in [-0.3, -0.25) is 0 Å². The number of hydrogen-bond donors (Lipinski definition) is 1. The molecule has 2 atom stereocenters. The van der Waals surface area contributed by atoms with Crippen molar-refractivity contribution < 1.29 is 9.47 Å². The summed E-state index contributed by atoms with van der Waals surface area (Å²) in [4.78, 5) is 0. The lowest BCUT2D eigenvalue weighted by atomic mass is 9.92. The van der Waals surface area contributed by atoms with Gasteiger partial charge >= 0.3 is 0 Å². The number of hydrogen-bond acceptors (Lipinski definition) is 3. The van der Waals surface area contributed by atoms with E-state index < -0.39 is 0 Å². The van der Waals surface area contributed by atoms with Crippen LogP contribution in [0, 0.1) is 5.92 Å². The summed E-state index contributed by atoms with van der Waals surface area (Å²) in [6.07, 6.45) is 5.03. The first-order chi connectivity index (χ1) is 10.1. The molecule has 3 aliphatic rings. The molecular formula is C18H25NO2. The van der Waals surface area contributed by atoms with Gasteiger partial charge in [-0.25, -0.2) is 0 Å². The van der Waals surface area contributed by atoms with Crippen LogP contribution in [-0.4, -0.2) is 24.8 Å². The Morgan fingerprint density at radius 1 is 1.24 bits per heavy atom. The van der Waals surface area contributed by atoms with Gasteiger partial charge in [0, 0.05) is 37.1 Å². The smallest absolute Gasteiger partial charge is 0.129 e. The summed E-state index contributed by atoms with van der Waals surface area (Å²) in [5.41, 5.74) is 2.51. The van der Waals surface area contributed by atoms with E-state index in [4.69, 9.17) is 9.47 Å². The molecule has 0 bridgehead atoms. The van der Waals surface area contributed by atoms with Crippen molar-refractivity contribution in [2.75, 3.05) is 13.2 Å². The lowest BCUT2D eigenvalue weighted by molar-refractivity contribution is 0.0816. The van der Waals surface area contributed by atoms with E-state index in [0.29, 0.717) is 5.92 Å². The summed E-state index contributed by atoms with van der Waals surface area (Å²) in [7, 11) is 0. The van der Waals surface area contributed by atoms with Crippen molar-refractivity contribution in [3.8, 4) is 5.75 Å². The minimum absolute atomic E-state index is 0.0845. The molecule has 3 nitrogen and oxygen atoms in total. The minimum atomic E-state index is -0.0845. The van der Waals surface area contributed by atoms with Gasteiger partial charge in [0.1, 0.15) is 11.4 Å². The molecule has 2 fully saturated rings. The van der Waals surface area contributed by atoms with Crippen molar-refractivity contribution in [1.82, 2.24) is 5.32 Å². The molecule has 2 aliphatic heterocycles. The quantitative estimate of drug-likeness (QED) is 0.922. The van der Waals surface area contributed by atoms with Crippen LogP contribution in [0.25, 0.3) is 0 Å². The van der Waals surface area contributed by atoms with Crippen LogP contribution in [0.15, 0.2) is 18.2 Å². The summed E-state index contributed by atoms with van der Waals surface area (Å²) >= 11 is 0. The predicted molar refractivity (Wildman–Crippen MR) is 82.7 cm³/mol. The standard InChI is InChI=1S/C18H25NO2/c1-18(2)10-12-4-3-5-15(17(12)21-18)16-13(8-9-20-16)11-19-14-6-7-14/h3-5,13-14,16,19H,6-11H2,1-2H3. The molecule has 1 saturated heterocycles. The van der Waals surface area contributed by atoms with Crippen molar-refractivity contribution in [2.45, 2.75) is 57.3 Å². The van der Waals surface area contributed by atoms with Gasteiger partial charge in [-0.1, -0.05) is 18.2 Å². The zero-order valence-electron chi connectivity index (χ0n) is 13.0. The molecule has 2 unspecified atom stereocenters. The van der Waals surface area contributed by atoms with Crippen LogP contribution in [0.5, 0.6) is 5.75 Å². The van der Waals surface area contributed by atoms with Crippen molar-refractivity contribution in [3.63, 3.8) is 0 Å². The highest BCUT2D eigenvalue weighted by Gasteiger charge is 2.38. The van der Waals surface area contributed by atoms with E-state index in [-0.39, 0.29) is 11.7 Å². The van der Waals surface area contributed by atoms with Crippen LogP contribution in [0.1, 0.15) is 50.3 Å². The van der Waals surface area contributed by atoms with Crippen LogP contribution in [0.2, 0.25) is 0 Å². The number of para-hydroxylation sites is 1. The normalized spacial score (nSPS) is 30.2. The second-order valence-corrected chi connectivity index (χ2v) is 7.40. The van der Waals surface area contributed by atoms with Crippen molar-refractivity contribution in [2.24, 2.45) is 5.92 Å². The van der Waals surface area contributed by atoms with E-state index in [9.17, 15) is 0 Å². The first kappa shape index (κ1) is 13.6. The Morgan fingerprint density at radius 3 is 2.90 bits per heavy atom. The molecule has 1 N–H and O–H groups in total. The third-order valence-electron chi connectivity index (χ3n) is 4.89. The van der Waals surface area contributed by atoms with Gasteiger partial charge in [-0.15, -0.1) is 0 Å². The molecule has 0 amide bonds. The minimum Gasteiger partial charge on any atom is -0.487 e.